The fourth-order valence-corrected chi connectivity index (χ4v) is 4.80. The summed E-state index contributed by atoms with van der Waals surface area (Å²) in [6, 6.07) is 8.31. The number of hydrogen-bond acceptors (Lipinski definition) is 6. The van der Waals surface area contributed by atoms with E-state index in [0.717, 1.165) is 74.7 Å². The summed E-state index contributed by atoms with van der Waals surface area (Å²) in [4.78, 5) is 28.6. The molecule has 4 heterocycles. The number of carbonyl (C=O) groups is 1. The van der Waals surface area contributed by atoms with Crippen molar-refractivity contribution in [3.63, 3.8) is 0 Å². The number of aryl methyl sites for hydroxylation is 2. The average molecular weight is 420 g/mol. The lowest BCUT2D eigenvalue weighted by Crippen LogP contribution is -2.43. The maximum Gasteiger partial charge on any atom is 0.254 e. The third-order valence-electron chi connectivity index (χ3n) is 6.53. The number of rotatable bonds is 3. The van der Waals surface area contributed by atoms with E-state index < -0.39 is 0 Å². The maximum atomic E-state index is 13.2. The van der Waals surface area contributed by atoms with Gasteiger partial charge in [-0.3, -0.25) is 9.69 Å². The second kappa shape index (κ2) is 8.26. The van der Waals surface area contributed by atoms with Gasteiger partial charge in [-0.15, -0.1) is 0 Å². The van der Waals surface area contributed by atoms with Crippen LogP contribution in [0.15, 0.2) is 30.6 Å². The fraction of sp³-hybridized carbons (Fsp3) is 0.478. The highest BCUT2D eigenvalue weighted by molar-refractivity contribution is 5.96. The van der Waals surface area contributed by atoms with Crippen LogP contribution in [0.4, 0.5) is 11.5 Å². The van der Waals surface area contributed by atoms with E-state index >= 15 is 0 Å². The summed E-state index contributed by atoms with van der Waals surface area (Å²) in [5, 5.41) is 4.40. The van der Waals surface area contributed by atoms with E-state index in [2.05, 4.69) is 50.0 Å². The van der Waals surface area contributed by atoms with E-state index in [1.807, 2.05) is 22.4 Å². The number of benzene rings is 1. The van der Waals surface area contributed by atoms with Gasteiger partial charge in [0.15, 0.2) is 0 Å². The van der Waals surface area contributed by atoms with Gasteiger partial charge in [-0.2, -0.15) is 14.6 Å². The number of carbonyl (C=O) groups excluding carboxylic acids is 1. The van der Waals surface area contributed by atoms with Gasteiger partial charge in [-0.1, -0.05) is 18.2 Å². The molecule has 2 aliphatic rings. The summed E-state index contributed by atoms with van der Waals surface area (Å²) in [6.07, 6.45) is 4.65. The largest absolute Gasteiger partial charge is 0.355 e. The topological polar surface area (TPSA) is 69.9 Å². The number of anilines is 2. The highest BCUT2D eigenvalue weighted by Crippen LogP contribution is 2.27. The highest BCUT2D eigenvalue weighted by Gasteiger charge is 2.26. The van der Waals surface area contributed by atoms with Gasteiger partial charge in [-0.05, 0) is 44.7 Å². The molecule has 0 radical (unpaired) electrons. The van der Waals surface area contributed by atoms with Crippen LogP contribution in [0.3, 0.4) is 0 Å². The molecule has 31 heavy (non-hydrogen) atoms. The van der Waals surface area contributed by atoms with Crippen molar-refractivity contribution in [2.45, 2.75) is 33.1 Å². The Balaban J connectivity index is 1.30. The zero-order valence-corrected chi connectivity index (χ0v) is 18.3. The van der Waals surface area contributed by atoms with Crippen molar-refractivity contribution in [1.82, 2.24) is 24.5 Å². The molecule has 3 aromatic rings. The first-order valence-electron chi connectivity index (χ1n) is 11.1. The predicted molar refractivity (Wildman–Crippen MR) is 121 cm³/mol. The molecule has 5 rings (SSSR count). The standard InChI is InChI=1S/C23H29N7O/c1-17-18(2)26-23-24-16-25-30(23)22(17)28-11-6-10-27(13-14-28)15-21(31)29-12-5-8-19-7-3-4-9-20(19)29/h3-4,7,9,16H,5-6,8,10-15H2,1-2H3. The number of para-hydroxylation sites is 1. The summed E-state index contributed by atoms with van der Waals surface area (Å²) < 4.78 is 1.84. The van der Waals surface area contributed by atoms with Gasteiger partial charge >= 0.3 is 0 Å². The third-order valence-corrected chi connectivity index (χ3v) is 6.53. The van der Waals surface area contributed by atoms with Gasteiger partial charge < -0.3 is 9.80 Å². The van der Waals surface area contributed by atoms with Crippen molar-refractivity contribution in [1.29, 1.82) is 0 Å². The van der Waals surface area contributed by atoms with E-state index in [1.165, 1.54) is 5.56 Å². The minimum Gasteiger partial charge on any atom is -0.355 e. The number of nitrogens with zero attached hydrogens (tertiary/aromatic N) is 7. The van der Waals surface area contributed by atoms with Crippen LogP contribution in [0.25, 0.3) is 5.78 Å². The number of amides is 1. The Hall–Kier alpha value is -3.00. The van der Waals surface area contributed by atoms with Gasteiger partial charge in [0, 0.05) is 49.7 Å². The summed E-state index contributed by atoms with van der Waals surface area (Å²) >= 11 is 0. The molecule has 1 aromatic carbocycles. The van der Waals surface area contributed by atoms with Gasteiger partial charge in [0.2, 0.25) is 5.91 Å². The molecule has 1 fully saturated rings. The van der Waals surface area contributed by atoms with Crippen molar-refractivity contribution in [2.75, 3.05) is 49.1 Å². The quantitative estimate of drug-likeness (QED) is 0.649. The van der Waals surface area contributed by atoms with E-state index in [-0.39, 0.29) is 5.91 Å². The van der Waals surface area contributed by atoms with Crippen LogP contribution in [0.2, 0.25) is 0 Å². The number of hydrogen-bond donors (Lipinski definition) is 0. The minimum absolute atomic E-state index is 0.204. The molecule has 8 heteroatoms. The van der Waals surface area contributed by atoms with Crippen LogP contribution < -0.4 is 9.80 Å². The molecule has 0 aliphatic carbocycles. The maximum absolute atomic E-state index is 13.2. The normalized spacial score (nSPS) is 17.6. The Morgan fingerprint density at radius 3 is 2.81 bits per heavy atom. The SMILES string of the molecule is Cc1nc2ncnn2c(N2CCCN(CC(=O)N3CCCc4ccccc43)CC2)c1C. The van der Waals surface area contributed by atoms with Crippen molar-refractivity contribution in [3.05, 3.63) is 47.4 Å². The Bertz CT molecular complexity index is 1110. The molecule has 0 unspecified atom stereocenters. The molecule has 162 valence electrons. The summed E-state index contributed by atoms with van der Waals surface area (Å²) in [5.41, 5.74) is 4.49. The zero-order valence-electron chi connectivity index (χ0n) is 18.3. The zero-order chi connectivity index (χ0) is 21.4. The van der Waals surface area contributed by atoms with Crippen molar-refractivity contribution < 1.29 is 4.79 Å². The second-order valence-electron chi connectivity index (χ2n) is 8.51. The summed E-state index contributed by atoms with van der Waals surface area (Å²) in [5.74, 6) is 1.91. The van der Waals surface area contributed by atoms with Crippen LogP contribution in [-0.4, -0.2) is 69.7 Å². The lowest BCUT2D eigenvalue weighted by atomic mass is 10.0. The predicted octanol–water partition coefficient (Wildman–Crippen LogP) is 2.23. The van der Waals surface area contributed by atoms with Gasteiger partial charge in [0.1, 0.15) is 12.1 Å². The van der Waals surface area contributed by atoms with Crippen molar-refractivity contribution in [3.8, 4) is 0 Å². The summed E-state index contributed by atoms with van der Waals surface area (Å²) in [6.45, 7) is 8.94. The highest BCUT2D eigenvalue weighted by atomic mass is 16.2. The molecule has 8 nitrogen and oxygen atoms in total. The van der Waals surface area contributed by atoms with Crippen molar-refractivity contribution >= 4 is 23.2 Å². The van der Waals surface area contributed by atoms with Gasteiger partial charge in [0.05, 0.1) is 6.54 Å². The first kappa shape index (κ1) is 19.9. The van der Waals surface area contributed by atoms with E-state index in [1.54, 1.807) is 6.33 Å². The Morgan fingerprint density at radius 1 is 1.03 bits per heavy atom. The average Bonchev–Trinajstić information content (AvgIpc) is 3.12. The molecule has 1 saturated heterocycles. The van der Waals surface area contributed by atoms with Crippen LogP contribution >= 0.6 is 0 Å². The minimum atomic E-state index is 0.204. The Labute approximate surface area is 182 Å². The van der Waals surface area contributed by atoms with Crippen LogP contribution in [0.1, 0.15) is 29.7 Å². The molecule has 1 amide bonds. The second-order valence-corrected chi connectivity index (χ2v) is 8.51. The Kier molecular flexibility index (Phi) is 5.31. The van der Waals surface area contributed by atoms with Gasteiger partial charge in [0.25, 0.3) is 5.78 Å². The van der Waals surface area contributed by atoms with E-state index in [9.17, 15) is 4.79 Å². The van der Waals surface area contributed by atoms with Crippen LogP contribution in [0, 0.1) is 13.8 Å². The lowest BCUT2D eigenvalue weighted by molar-refractivity contribution is -0.119. The lowest BCUT2D eigenvalue weighted by Gasteiger charge is -2.31. The molecular weight excluding hydrogens is 390 g/mol. The fourth-order valence-electron chi connectivity index (χ4n) is 4.80. The molecule has 2 aliphatic heterocycles. The van der Waals surface area contributed by atoms with Gasteiger partial charge in [-0.25, -0.2) is 4.98 Å². The molecule has 0 saturated carbocycles. The third kappa shape index (κ3) is 3.76. The van der Waals surface area contributed by atoms with Crippen LogP contribution in [0.5, 0.6) is 0 Å². The molecular formula is C23H29N7O. The number of fused-ring (bicyclic) bond motifs is 2. The van der Waals surface area contributed by atoms with E-state index in [4.69, 9.17) is 0 Å². The number of aromatic nitrogens is 4. The molecule has 0 N–H and O–H groups in total. The molecule has 0 atom stereocenters. The Morgan fingerprint density at radius 2 is 1.90 bits per heavy atom. The molecule has 0 bridgehead atoms. The molecule has 0 spiro atoms. The molecule has 2 aromatic heterocycles. The smallest absolute Gasteiger partial charge is 0.254 e. The first-order chi connectivity index (χ1) is 15.1. The van der Waals surface area contributed by atoms with Crippen molar-refractivity contribution in [2.24, 2.45) is 0 Å². The first-order valence-corrected chi connectivity index (χ1v) is 11.1. The summed E-state index contributed by atoms with van der Waals surface area (Å²) in [7, 11) is 0. The van der Waals surface area contributed by atoms with E-state index in [0.29, 0.717) is 12.3 Å². The van der Waals surface area contributed by atoms with Crippen LogP contribution in [-0.2, 0) is 11.2 Å². The monoisotopic (exact) mass is 419 g/mol.